The van der Waals surface area contributed by atoms with E-state index in [0.29, 0.717) is 0 Å². The van der Waals surface area contributed by atoms with Crippen LogP contribution in [0.2, 0.25) is 0 Å². The van der Waals surface area contributed by atoms with Crippen molar-refractivity contribution in [1.82, 2.24) is 0 Å². The summed E-state index contributed by atoms with van der Waals surface area (Å²) < 4.78 is 0. The van der Waals surface area contributed by atoms with Crippen molar-refractivity contribution in [2.45, 2.75) is 39.5 Å². The van der Waals surface area contributed by atoms with E-state index in [1.807, 2.05) is 0 Å². The van der Waals surface area contributed by atoms with Crippen LogP contribution in [0.15, 0.2) is 72.1 Å². The van der Waals surface area contributed by atoms with E-state index < -0.39 is 0 Å². The zero-order valence-corrected chi connectivity index (χ0v) is 14.0. The second-order valence-electron chi connectivity index (χ2n) is 5.24. The Morgan fingerprint density at radius 1 is 0.810 bits per heavy atom. The minimum atomic E-state index is -0.371. The van der Waals surface area contributed by atoms with Crippen molar-refractivity contribution in [2.75, 3.05) is 0 Å². The van der Waals surface area contributed by atoms with Crippen LogP contribution >= 0.6 is 7.92 Å². The molecule has 0 N–H and O–H groups in total. The molecule has 0 saturated heterocycles. The third-order valence-electron chi connectivity index (χ3n) is 3.49. The Balaban J connectivity index is 2.44. The predicted octanol–water partition coefficient (Wildman–Crippen LogP) is 5.60. The van der Waals surface area contributed by atoms with Crippen molar-refractivity contribution in [1.29, 1.82) is 0 Å². The maximum atomic E-state index is 2.50. The van der Waals surface area contributed by atoms with Gasteiger partial charge in [-0.15, -0.1) is 0 Å². The largest absolute Gasteiger partial charge is 0.0802 e. The molecule has 110 valence electrons. The standard InChI is InChI=1S/C20H25P/c1-3-5-13-18(12-4-2)21(19-14-8-6-9-15-19)20-16-10-7-11-17-20/h6-11,13-17H,3-5,12H2,1-2H3. The molecule has 0 aliphatic carbocycles. The first kappa shape index (κ1) is 16.0. The van der Waals surface area contributed by atoms with E-state index in [0.717, 1.165) is 0 Å². The minimum Gasteiger partial charge on any atom is -0.0802 e. The topological polar surface area (TPSA) is 0 Å². The van der Waals surface area contributed by atoms with Crippen LogP contribution in [0.25, 0.3) is 0 Å². The molecule has 0 unspecified atom stereocenters. The number of hydrogen-bond acceptors (Lipinski definition) is 0. The minimum absolute atomic E-state index is 0.371. The average Bonchev–Trinajstić information content (AvgIpc) is 2.55. The SMILES string of the molecule is CCCC=C(CCC)P(c1ccccc1)c1ccccc1. The summed E-state index contributed by atoms with van der Waals surface area (Å²) in [5.74, 6) is 0. The highest BCUT2D eigenvalue weighted by Crippen LogP contribution is 2.45. The Hall–Kier alpha value is -1.39. The quantitative estimate of drug-likeness (QED) is 0.583. The van der Waals surface area contributed by atoms with Crippen molar-refractivity contribution in [3.05, 3.63) is 72.1 Å². The van der Waals surface area contributed by atoms with E-state index in [9.17, 15) is 0 Å². The first-order valence-corrected chi connectivity index (χ1v) is 9.30. The number of unbranched alkanes of at least 4 members (excludes halogenated alkanes) is 1. The molecule has 2 aromatic rings. The zero-order chi connectivity index (χ0) is 14.9. The Morgan fingerprint density at radius 3 is 1.76 bits per heavy atom. The fourth-order valence-corrected chi connectivity index (χ4v) is 5.17. The fraction of sp³-hybridized carbons (Fsp3) is 0.300. The van der Waals surface area contributed by atoms with Crippen LogP contribution < -0.4 is 10.6 Å². The third-order valence-corrected chi connectivity index (χ3v) is 6.10. The van der Waals surface area contributed by atoms with Gasteiger partial charge in [-0.05, 0) is 36.7 Å². The van der Waals surface area contributed by atoms with Gasteiger partial charge in [0.15, 0.2) is 0 Å². The molecular formula is C20H25P. The second kappa shape index (κ2) is 8.80. The normalized spacial score (nSPS) is 11.9. The Bertz CT molecular complexity index is 503. The van der Waals surface area contributed by atoms with E-state index in [4.69, 9.17) is 0 Å². The molecule has 0 spiro atoms. The maximum Gasteiger partial charge on any atom is -0.0154 e. The molecule has 0 radical (unpaired) electrons. The van der Waals surface area contributed by atoms with Crippen molar-refractivity contribution < 1.29 is 0 Å². The van der Waals surface area contributed by atoms with Crippen molar-refractivity contribution in [3.8, 4) is 0 Å². The van der Waals surface area contributed by atoms with Gasteiger partial charge in [-0.3, -0.25) is 0 Å². The highest BCUT2D eigenvalue weighted by atomic mass is 31.1. The third kappa shape index (κ3) is 4.55. The molecular weight excluding hydrogens is 271 g/mol. The molecule has 0 atom stereocenters. The second-order valence-corrected chi connectivity index (χ2v) is 7.52. The molecule has 2 rings (SSSR count). The monoisotopic (exact) mass is 296 g/mol. The van der Waals surface area contributed by atoms with Crippen LogP contribution in [0.4, 0.5) is 0 Å². The van der Waals surface area contributed by atoms with Gasteiger partial charge in [-0.2, -0.15) is 0 Å². The fourth-order valence-electron chi connectivity index (χ4n) is 2.51. The van der Waals surface area contributed by atoms with Crippen LogP contribution in [-0.2, 0) is 0 Å². The van der Waals surface area contributed by atoms with Crippen LogP contribution in [0.3, 0.4) is 0 Å². The zero-order valence-electron chi connectivity index (χ0n) is 13.1. The Morgan fingerprint density at radius 2 is 1.33 bits per heavy atom. The van der Waals surface area contributed by atoms with Gasteiger partial charge in [0.2, 0.25) is 0 Å². The maximum absolute atomic E-state index is 2.50. The van der Waals surface area contributed by atoms with E-state index in [-0.39, 0.29) is 7.92 Å². The predicted molar refractivity (Wildman–Crippen MR) is 97.0 cm³/mol. The molecule has 0 saturated carbocycles. The van der Waals surface area contributed by atoms with Crippen LogP contribution in [0, 0.1) is 0 Å². The van der Waals surface area contributed by atoms with Gasteiger partial charge in [0.25, 0.3) is 0 Å². The highest BCUT2D eigenvalue weighted by molar-refractivity contribution is 7.76. The molecule has 2 aromatic carbocycles. The van der Waals surface area contributed by atoms with Crippen molar-refractivity contribution in [3.63, 3.8) is 0 Å². The van der Waals surface area contributed by atoms with Crippen LogP contribution in [-0.4, -0.2) is 0 Å². The average molecular weight is 296 g/mol. The lowest BCUT2D eigenvalue weighted by Gasteiger charge is -2.22. The molecule has 0 aromatic heterocycles. The lowest BCUT2D eigenvalue weighted by molar-refractivity contribution is 0.911. The van der Waals surface area contributed by atoms with Gasteiger partial charge in [-0.1, -0.05) is 93.4 Å². The number of benzene rings is 2. The van der Waals surface area contributed by atoms with E-state index in [1.54, 1.807) is 5.31 Å². The molecule has 1 heteroatoms. The molecule has 0 nitrogen and oxygen atoms in total. The first-order valence-electron chi connectivity index (χ1n) is 7.96. The summed E-state index contributed by atoms with van der Waals surface area (Å²) in [6.07, 6.45) is 7.33. The van der Waals surface area contributed by atoms with Crippen LogP contribution in [0.1, 0.15) is 39.5 Å². The van der Waals surface area contributed by atoms with E-state index >= 15 is 0 Å². The molecule has 0 aliphatic rings. The van der Waals surface area contributed by atoms with Crippen LogP contribution in [0.5, 0.6) is 0 Å². The molecule has 0 fully saturated rings. The summed E-state index contributed by atoms with van der Waals surface area (Å²) in [7, 11) is -0.371. The first-order chi connectivity index (χ1) is 10.4. The van der Waals surface area contributed by atoms with Gasteiger partial charge in [0.1, 0.15) is 0 Å². The van der Waals surface area contributed by atoms with Gasteiger partial charge in [0.05, 0.1) is 0 Å². The van der Waals surface area contributed by atoms with E-state index in [1.165, 1.54) is 36.3 Å². The van der Waals surface area contributed by atoms with Gasteiger partial charge >= 0.3 is 0 Å². The molecule has 0 bridgehead atoms. The molecule has 0 amide bonds. The summed E-state index contributed by atoms with van der Waals surface area (Å²) in [5.41, 5.74) is 0. The highest BCUT2D eigenvalue weighted by Gasteiger charge is 2.17. The number of allylic oxidation sites excluding steroid dienone is 2. The molecule has 21 heavy (non-hydrogen) atoms. The number of rotatable bonds is 7. The Kier molecular flexibility index (Phi) is 6.70. The summed E-state index contributed by atoms with van der Waals surface area (Å²) in [5, 5.41) is 4.57. The van der Waals surface area contributed by atoms with Gasteiger partial charge in [-0.25, -0.2) is 0 Å². The number of hydrogen-bond donors (Lipinski definition) is 0. The lowest BCUT2D eigenvalue weighted by Crippen LogP contribution is -2.13. The van der Waals surface area contributed by atoms with Crippen molar-refractivity contribution in [2.24, 2.45) is 0 Å². The van der Waals surface area contributed by atoms with Gasteiger partial charge < -0.3 is 0 Å². The molecule has 0 heterocycles. The van der Waals surface area contributed by atoms with Crippen molar-refractivity contribution >= 4 is 18.5 Å². The Labute approximate surface area is 130 Å². The van der Waals surface area contributed by atoms with Gasteiger partial charge in [0, 0.05) is 0 Å². The summed E-state index contributed by atoms with van der Waals surface area (Å²) in [6.45, 7) is 4.54. The summed E-state index contributed by atoms with van der Waals surface area (Å²) in [4.78, 5) is 0. The molecule has 0 aliphatic heterocycles. The summed E-state index contributed by atoms with van der Waals surface area (Å²) in [6, 6.07) is 22.0. The lowest BCUT2D eigenvalue weighted by atomic mass is 10.2. The summed E-state index contributed by atoms with van der Waals surface area (Å²) >= 11 is 0. The smallest absolute Gasteiger partial charge is 0.0154 e. The van der Waals surface area contributed by atoms with E-state index in [2.05, 4.69) is 80.6 Å².